The lowest BCUT2D eigenvalue weighted by Gasteiger charge is -2.10. The molecule has 0 aliphatic heterocycles. The molecule has 1 N–H and O–H groups in total. The van der Waals surface area contributed by atoms with Crippen LogP contribution in [-0.4, -0.2) is 6.54 Å². The van der Waals surface area contributed by atoms with Crippen LogP contribution in [0.1, 0.15) is 19.4 Å². The van der Waals surface area contributed by atoms with Gasteiger partial charge in [-0.1, -0.05) is 35.8 Å². The van der Waals surface area contributed by atoms with Crippen LogP contribution in [0, 0.1) is 11.7 Å². The number of benzene rings is 2. The third-order valence-corrected chi connectivity index (χ3v) is 3.45. The minimum absolute atomic E-state index is 0.241. The van der Waals surface area contributed by atoms with E-state index >= 15 is 0 Å². The highest BCUT2D eigenvalue weighted by Gasteiger charge is 2.06. The summed E-state index contributed by atoms with van der Waals surface area (Å²) in [4.78, 5) is 0. The molecule has 0 aromatic heterocycles. The number of rotatable bonds is 6. The van der Waals surface area contributed by atoms with Crippen LogP contribution in [0.25, 0.3) is 0 Å². The average molecular weight is 352 g/mol. The molecular weight excluding hydrogens is 333 g/mol. The lowest BCUT2D eigenvalue weighted by molar-refractivity contribution is 0.441. The predicted octanol–water partition coefficient (Wildman–Crippen LogP) is 5.13. The molecule has 21 heavy (non-hydrogen) atoms. The maximum Gasteiger partial charge on any atom is 0.166 e. The fourth-order valence-corrected chi connectivity index (χ4v) is 2.14. The van der Waals surface area contributed by atoms with E-state index in [9.17, 15) is 4.39 Å². The number of ether oxygens (including phenoxy) is 1. The van der Waals surface area contributed by atoms with Crippen LogP contribution in [0.4, 0.5) is 4.39 Å². The first-order valence-electron chi connectivity index (χ1n) is 6.97. The third kappa shape index (κ3) is 5.14. The minimum atomic E-state index is -0.346. The molecule has 0 saturated carbocycles. The Morgan fingerprint density at radius 3 is 2.48 bits per heavy atom. The largest absolute Gasteiger partial charge is 0.454 e. The predicted molar refractivity (Wildman–Crippen MR) is 87.2 cm³/mol. The van der Waals surface area contributed by atoms with Gasteiger partial charge in [0.1, 0.15) is 5.75 Å². The van der Waals surface area contributed by atoms with Crippen LogP contribution in [0.2, 0.25) is 0 Å². The fourth-order valence-electron chi connectivity index (χ4n) is 1.87. The SMILES string of the molecule is CC(C)CNCc1ccc(Oc2ccc(Br)cc2)c(F)c1. The van der Waals surface area contributed by atoms with Gasteiger partial charge in [-0.3, -0.25) is 0 Å². The Kier molecular flexibility index (Phi) is 5.76. The van der Waals surface area contributed by atoms with Gasteiger partial charge >= 0.3 is 0 Å². The van der Waals surface area contributed by atoms with E-state index in [-0.39, 0.29) is 11.6 Å². The van der Waals surface area contributed by atoms with Gasteiger partial charge in [-0.05, 0) is 54.4 Å². The minimum Gasteiger partial charge on any atom is -0.454 e. The smallest absolute Gasteiger partial charge is 0.166 e. The molecule has 0 fully saturated rings. The average Bonchev–Trinajstić information content (AvgIpc) is 2.44. The fraction of sp³-hybridized carbons (Fsp3) is 0.294. The van der Waals surface area contributed by atoms with Gasteiger partial charge in [0, 0.05) is 11.0 Å². The van der Waals surface area contributed by atoms with E-state index in [1.807, 2.05) is 18.2 Å². The van der Waals surface area contributed by atoms with Gasteiger partial charge in [-0.2, -0.15) is 0 Å². The Hall–Kier alpha value is -1.39. The zero-order valence-corrected chi connectivity index (χ0v) is 13.8. The van der Waals surface area contributed by atoms with Crippen molar-refractivity contribution in [3.8, 4) is 11.5 Å². The van der Waals surface area contributed by atoms with Crippen molar-refractivity contribution in [3.05, 3.63) is 58.3 Å². The van der Waals surface area contributed by atoms with Crippen LogP contribution >= 0.6 is 15.9 Å². The van der Waals surface area contributed by atoms with Gasteiger partial charge in [0.15, 0.2) is 11.6 Å². The van der Waals surface area contributed by atoms with Crippen molar-refractivity contribution in [2.75, 3.05) is 6.54 Å². The molecular formula is C17H19BrFNO. The Balaban J connectivity index is 2.00. The second-order valence-electron chi connectivity index (χ2n) is 5.35. The standard InChI is InChI=1S/C17H19BrFNO/c1-12(2)10-20-11-13-3-8-17(16(19)9-13)21-15-6-4-14(18)5-7-15/h3-9,12,20H,10-11H2,1-2H3. The molecule has 0 radical (unpaired) electrons. The molecule has 0 bridgehead atoms. The van der Waals surface area contributed by atoms with E-state index in [0.717, 1.165) is 16.6 Å². The van der Waals surface area contributed by atoms with Crippen molar-refractivity contribution in [2.24, 2.45) is 5.92 Å². The lowest BCUT2D eigenvalue weighted by atomic mass is 10.2. The highest BCUT2D eigenvalue weighted by atomic mass is 79.9. The van der Waals surface area contributed by atoms with Crippen molar-refractivity contribution in [1.82, 2.24) is 5.32 Å². The molecule has 2 aromatic rings. The second kappa shape index (κ2) is 7.57. The number of hydrogen-bond acceptors (Lipinski definition) is 2. The Morgan fingerprint density at radius 1 is 1.14 bits per heavy atom. The van der Waals surface area contributed by atoms with E-state index in [1.54, 1.807) is 18.2 Å². The number of halogens is 2. The molecule has 2 nitrogen and oxygen atoms in total. The van der Waals surface area contributed by atoms with Gasteiger partial charge in [0.05, 0.1) is 0 Å². The van der Waals surface area contributed by atoms with E-state index in [1.165, 1.54) is 6.07 Å². The van der Waals surface area contributed by atoms with Crippen molar-refractivity contribution in [1.29, 1.82) is 0 Å². The lowest BCUT2D eigenvalue weighted by Crippen LogP contribution is -2.18. The molecule has 2 aromatic carbocycles. The van der Waals surface area contributed by atoms with Gasteiger partial charge in [-0.25, -0.2) is 4.39 Å². The van der Waals surface area contributed by atoms with Crippen LogP contribution in [0.5, 0.6) is 11.5 Å². The summed E-state index contributed by atoms with van der Waals surface area (Å²) in [6, 6.07) is 12.4. The van der Waals surface area contributed by atoms with Gasteiger partial charge < -0.3 is 10.1 Å². The summed E-state index contributed by atoms with van der Waals surface area (Å²) >= 11 is 3.35. The van der Waals surface area contributed by atoms with E-state index in [2.05, 4.69) is 35.1 Å². The number of nitrogens with one attached hydrogen (secondary N) is 1. The molecule has 0 heterocycles. The highest BCUT2D eigenvalue weighted by Crippen LogP contribution is 2.26. The summed E-state index contributed by atoms with van der Waals surface area (Å²) < 4.78 is 20.5. The normalized spacial score (nSPS) is 10.9. The topological polar surface area (TPSA) is 21.3 Å². The van der Waals surface area contributed by atoms with Crippen LogP contribution in [-0.2, 0) is 6.54 Å². The number of hydrogen-bond donors (Lipinski definition) is 1. The Labute approximate surface area is 133 Å². The molecule has 0 saturated heterocycles. The summed E-state index contributed by atoms with van der Waals surface area (Å²) in [6.07, 6.45) is 0. The highest BCUT2D eigenvalue weighted by molar-refractivity contribution is 9.10. The summed E-state index contributed by atoms with van der Waals surface area (Å²) in [5, 5.41) is 3.29. The molecule has 0 atom stereocenters. The van der Waals surface area contributed by atoms with Crippen molar-refractivity contribution in [3.63, 3.8) is 0 Å². The molecule has 2 rings (SSSR count). The van der Waals surface area contributed by atoms with Crippen molar-refractivity contribution in [2.45, 2.75) is 20.4 Å². The zero-order valence-electron chi connectivity index (χ0n) is 12.2. The third-order valence-electron chi connectivity index (χ3n) is 2.92. The molecule has 0 aliphatic carbocycles. The first kappa shape index (κ1) is 16.0. The molecule has 0 spiro atoms. The van der Waals surface area contributed by atoms with Gasteiger partial charge in [0.25, 0.3) is 0 Å². The molecule has 0 unspecified atom stereocenters. The zero-order chi connectivity index (χ0) is 15.2. The van der Waals surface area contributed by atoms with Crippen LogP contribution in [0.3, 0.4) is 0 Å². The monoisotopic (exact) mass is 351 g/mol. The second-order valence-corrected chi connectivity index (χ2v) is 6.26. The first-order valence-corrected chi connectivity index (χ1v) is 7.76. The molecule has 0 amide bonds. The quantitative estimate of drug-likeness (QED) is 0.779. The summed E-state index contributed by atoms with van der Waals surface area (Å²) in [7, 11) is 0. The van der Waals surface area contributed by atoms with E-state index in [0.29, 0.717) is 18.2 Å². The summed E-state index contributed by atoms with van der Waals surface area (Å²) in [5.41, 5.74) is 0.913. The van der Waals surface area contributed by atoms with Crippen LogP contribution in [0.15, 0.2) is 46.9 Å². The molecule has 112 valence electrons. The maximum atomic E-state index is 14.0. The summed E-state index contributed by atoms with van der Waals surface area (Å²) in [6.45, 7) is 5.86. The van der Waals surface area contributed by atoms with Crippen molar-refractivity contribution < 1.29 is 9.13 Å². The van der Waals surface area contributed by atoms with Gasteiger partial charge in [-0.15, -0.1) is 0 Å². The molecule has 4 heteroatoms. The Bertz CT molecular complexity index is 584. The van der Waals surface area contributed by atoms with E-state index < -0.39 is 0 Å². The van der Waals surface area contributed by atoms with E-state index in [4.69, 9.17) is 4.74 Å². The van der Waals surface area contributed by atoms with Crippen LogP contribution < -0.4 is 10.1 Å². The Morgan fingerprint density at radius 2 is 1.86 bits per heavy atom. The summed E-state index contributed by atoms with van der Waals surface area (Å²) in [5.74, 6) is 1.09. The van der Waals surface area contributed by atoms with Gasteiger partial charge in [0.2, 0.25) is 0 Å². The maximum absolute atomic E-state index is 14.0. The molecule has 0 aliphatic rings. The van der Waals surface area contributed by atoms with Crippen molar-refractivity contribution >= 4 is 15.9 Å². The first-order chi connectivity index (χ1) is 10.0.